The zero-order valence-electron chi connectivity index (χ0n) is 15.9. The summed E-state index contributed by atoms with van der Waals surface area (Å²) in [7, 11) is 0. The van der Waals surface area contributed by atoms with Crippen molar-refractivity contribution in [3.8, 4) is 17.1 Å². The molecule has 10 heteroatoms. The molecule has 0 saturated heterocycles. The van der Waals surface area contributed by atoms with Gasteiger partial charge in [0.1, 0.15) is 5.75 Å². The normalized spacial score (nSPS) is 10.5. The van der Waals surface area contributed by atoms with E-state index in [-0.39, 0.29) is 31.5 Å². The first kappa shape index (κ1) is 21.6. The highest BCUT2D eigenvalue weighted by Crippen LogP contribution is 2.26. The highest BCUT2D eigenvalue weighted by Gasteiger charge is 2.16. The van der Waals surface area contributed by atoms with Crippen LogP contribution in [0.4, 0.5) is 0 Å². The Labute approximate surface area is 182 Å². The molecule has 1 heterocycles. The molecule has 156 valence electrons. The second-order valence-corrected chi connectivity index (χ2v) is 7.08. The molecule has 30 heavy (non-hydrogen) atoms. The monoisotopic (exact) mass is 448 g/mol. The van der Waals surface area contributed by atoms with Gasteiger partial charge in [-0.05, 0) is 25.1 Å². The second-order valence-electron chi connectivity index (χ2n) is 6.26. The van der Waals surface area contributed by atoms with Gasteiger partial charge in [-0.15, -0.1) is 0 Å². The van der Waals surface area contributed by atoms with Gasteiger partial charge < -0.3 is 19.9 Å². The van der Waals surface area contributed by atoms with E-state index in [0.29, 0.717) is 21.6 Å². The van der Waals surface area contributed by atoms with Crippen molar-refractivity contribution in [1.82, 2.24) is 20.8 Å². The number of nitrogens with one attached hydrogen (secondary N) is 2. The van der Waals surface area contributed by atoms with Crippen molar-refractivity contribution in [2.24, 2.45) is 0 Å². The van der Waals surface area contributed by atoms with Gasteiger partial charge in [0.25, 0.3) is 5.91 Å². The molecule has 1 aromatic heterocycles. The maximum atomic E-state index is 12.1. The number of hydrogen-bond donors (Lipinski definition) is 2. The third-order valence-corrected chi connectivity index (χ3v) is 4.63. The molecule has 0 atom stereocenters. The first-order valence-corrected chi connectivity index (χ1v) is 9.71. The molecule has 2 aromatic carbocycles. The van der Waals surface area contributed by atoms with Crippen LogP contribution in [-0.4, -0.2) is 41.7 Å². The van der Waals surface area contributed by atoms with Gasteiger partial charge in [-0.25, -0.2) is 0 Å². The van der Waals surface area contributed by atoms with Crippen LogP contribution in [0.1, 0.15) is 16.2 Å². The Hall–Kier alpha value is -3.10. The third-order valence-electron chi connectivity index (χ3n) is 3.89. The second kappa shape index (κ2) is 10.1. The van der Waals surface area contributed by atoms with Gasteiger partial charge in [-0.1, -0.05) is 52.1 Å². The van der Waals surface area contributed by atoms with Crippen LogP contribution in [0.2, 0.25) is 10.0 Å². The third kappa shape index (κ3) is 5.95. The molecule has 3 aromatic rings. The fourth-order valence-electron chi connectivity index (χ4n) is 2.44. The van der Waals surface area contributed by atoms with Crippen molar-refractivity contribution < 1.29 is 18.8 Å². The van der Waals surface area contributed by atoms with Crippen LogP contribution in [0, 0.1) is 6.92 Å². The van der Waals surface area contributed by atoms with Crippen molar-refractivity contribution in [2.75, 3.05) is 19.7 Å². The molecule has 0 spiro atoms. The van der Waals surface area contributed by atoms with E-state index >= 15 is 0 Å². The lowest BCUT2D eigenvalue weighted by molar-refractivity contribution is -0.123. The predicted molar refractivity (Wildman–Crippen MR) is 112 cm³/mol. The number of ether oxygens (including phenoxy) is 1. The largest absolute Gasteiger partial charge is 0.484 e. The summed E-state index contributed by atoms with van der Waals surface area (Å²) < 4.78 is 10.3. The summed E-state index contributed by atoms with van der Waals surface area (Å²) in [5, 5.41) is 9.77. The van der Waals surface area contributed by atoms with E-state index < -0.39 is 5.91 Å². The van der Waals surface area contributed by atoms with Crippen molar-refractivity contribution in [2.45, 2.75) is 6.92 Å². The maximum absolute atomic E-state index is 12.1. The predicted octanol–water partition coefficient (Wildman–Crippen LogP) is 3.28. The number of aryl methyl sites for hydroxylation is 1. The molecule has 0 aliphatic rings. The van der Waals surface area contributed by atoms with Crippen LogP contribution in [0.15, 0.2) is 47.0 Å². The Morgan fingerprint density at radius 2 is 1.87 bits per heavy atom. The highest BCUT2D eigenvalue weighted by atomic mass is 35.5. The number of benzene rings is 2. The van der Waals surface area contributed by atoms with Gasteiger partial charge in [0.05, 0.1) is 10.0 Å². The highest BCUT2D eigenvalue weighted by molar-refractivity contribution is 6.42. The van der Waals surface area contributed by atoms with Crippen molar-refractivity contribution in [3.05, 3.63) is 64.0 Å². The molecule has 0 aliphatic carbocycles. The fourth-order valence-corrected chi connectivity index (χ4v) is 2.73. The van der Waals surface area contributed by atoms with E-state index in [2.05, 4.69) is 20.8 Å². The molecule has 0 fully saturated rings. The molecule has 0 radical (unpaired) electrons. The van der Waals surface area contributed by atoms with E-state index in [4.69, 9.17) is 32.5 Å². The van der Waals surface area contributed by atoms with Crippen LogP contribution in [-0.2, 0) is 4.79 Å². The van der Waals surface area contributed by atoms with Gasteiger partial charge in [-0.2, -0.15) is 4.98 Å². The zero-order chi connectivity index (χ0) is 21.5. The molecule has 3 rings (SSSR count). The van der Waals surface area contributed by atoms with E-state index in [1.807, 2.05) is 31.2 Å². The van der Waals surface area contributed by atoms with Crippen LogP contribution in [0.25, 0.3) is 11.4 Å². The number of halogens is 2. The summed E-state index contributed by atoms with van der Waals surface area (Å²) in [6.07, 6.45) is 0. The van der Waals surface area contributed by atoms with Crippen LogP contribution >= 0.6 is 23.2 Å². The minimum Gasteiger partial charge on any atom is -0.484 e. The number of nitrogens with zero attached hydrogens (tertiary/aromatic N) is 2. The molecular weight excluding hydrogens is 431 g/mol. The summed E-state index contributed by atoms with van der Waals surface area (Å²) in [5.41, 5.74) is 1.80. The standard InChI is InChI=1S/C20H18Cl2N4O4/c1-12-3-2-4-13(9-12)18-25-20(30-26-18)19(28)24-8-7-23-17(27)11-29-14-5-6-15(21)16(22)10-14/h2-6,9-10H,7-8,11H2,1H3,(H,23,27)(H,24,28). The molecular formula is C20H18Cl2N4O4. The van der Waals surface area contributed by atoms with E-state index in [9.17, 15) is 9.59 Å². The number of carbonyl (C=O) groups excluding carboxylic acids is 2. The number of amides is 2. The molecule has 2 amide bonds. The SMILES string of the molecule is Cc1cccc(-c2noc(C(=O)NCCNC(=O)COc3ccc(Cl)c(Cl)c3)n2)c1. The topological polar surface area (TPSA) is 106 Å². The van der Waals surface area contributed by atoms with E-state index in [1.165, 1.54) is 6.07 Å². The Bertz CT molecular complexity index is 1050. The maximum Gasteiger partial charge on any atom is 0.316 e. The van der Waals surface area contributed by atoms with Crippen molar-refractivity contribution in [3.63, 3.8) is 0 Å². The number of carbonyl (C=O) groups is 2. The zero-order valence-corrected chi connectivity index (χ0v) is 17.5. The van der Waals surface area contributed by atoms with E-state index in [1.54, 1.807) is 12.1 Å². The molecule has 0 bridgehead atoms. The summed E-state index contributed by atoms with van der Waals surface area (Å²) in [6, 6.07) is 12.2. The summed E-state index contributed by atoms with van der Waals surface area (Å²) in [6.45, 7) is 2.13. The molecule has 0 unspecified atom stereocenters. The summed E-state index contributed by atoms with van der Waals surface area (Å²) in [4.78, 5) is 28.0. The Balaban J connectivity index is 1.39. The summed E-state index contributed by atoms with van der Waals surface area (Å²) >= 11 is 11.7. The average molecular weight is 449 g/mol. The van der Waals surface area contributed by atoms with Gasteiger partial charge in [0.15, 0.2) is 6.61 Å². The lowest BCUT2D eigenvalue weighted by Crippen LogP contribution is -2.36. The van der Waals surface area contributed by atoms with Gasteiger partial charge in [0.2, 0.25) is 5.82 Å². The lowest BCUT2D eigenvalue weighted by Gasteiger charge is -2.08. The Kier molecular flexibility index (Phi) is 7.26. The number of rotatable bonds is 8. The first-order valence-electron chi connectivity index (χ1n) is 8.96. The minimum atomic E-state index is -0.525. The minimum absolute atomic E-state index is 0.152. The van der Waals surface area contributed by atoms with Crippen LogP contribution < -0.4 is 15.4 Å². The average Bonchev–Trinajstić information content (AvgIpc) is 3.22. The lowest BCUT2D eigenvalue weighted by atomic mass is 10.1. The molecule has 0 saturated carbocycles. The van der Waals surface area contributed by atoms with Crippen LogP contribution in [0.3, 0.4) is 0 Å². The molecule has 2 N–H and O–H groups in total. The Morgan fingerprint density at radius 1 is 1.07 bits per heavy atom. The van der Waals surface area contributed by atoms with Crippen molar-refractivity contribution >= 4 is 35.0 Å². The fraction of sp³-hybridized carbons (Fsp3) is 0.200. The van der Waals surface area contributed by atoms with Gasteiger partial charge in [0, 0.05) is 24.7 Å². The summed E-state index contributed by atoms with van der Waals surface area (Å²) in [5.74, 6) is -0.274. The van der Waals surface area contributed by atoms with Crippen molar-refractivity contribution in [1.29, 1.82) is 0 Å². The number of hydrogen-bond acceptors (Lipinski definition) is 6. The quantitative estimate of drug-likeness (QED) is 0.512. The number of aromatic nitrogens is 2. The van der Waals surface area contributed by atoms with Crippen LogP contribution in [0.5, 0.6) is 5.75 Å². The Morgan fingerprint density at radius 3 is 2.63 bits per heavy atom. The van der Waals surface area contributed by atoms with E-state index in [0.717, 1.165) is 11.1 Å². The first-order chi connectivity index (χ1) is 14.4. The molecule has 8 nitrogen and oxygen atoms in total. The van der Waals surface area contributed by atoms with Gasteiger partial charge >= 0.3 is 11.8 Å². The van der Waals surface area contributed by atoms with Gasteiger partial charge in [-0.3, -0.25) is 9.59 Å². The molecule has 0 aliphatic heterocycles. The smallest absolute Gasteiger partial charge is 0.316 e.